The highest BCUT2D eigenvalue weighted by atomic mass is 32.2. The van der Waals surface area contributed by atoms with Crippen molar-refractivity contribution in [3.05, 3.63) is 11.8 Å². The Kier molecular flexibility index (Phi) is 4.82. The zero-order chi connectivity index (χ0) is 14.6. The Bertz CT molecular complexity index is 532. The van der Waals surface area contributed by atoms with E-state index in [0.29, 0.717) is 12.1 Å². The number of rotatable bonds is 6. The SMILES string of the molecule is CCNCc1cn[nH]c1S(=O)(=O)NC1(C)CCCCC1. The standard InChI is InChI=1S/C13H24N4O2S/c1-3-14-9-11-10-15-16-12(11)20(18,19)17-13(2)7-5-4-6-8-13/h10,14,17H,3-9H2,1-2H3,(H,15,16). The second-order valence-electron chi connectivity index (χ2n) is 5.73. The van der Waals surface area contributed by atoms with Crippen LogP contribution in [0.2, 0.25) is 0 Å². The first kappa shape index (κ1) is 15.5. The lowest BCUT2D eigenvalue weighted by atomic mass is 9.84. The fraction of sp³-hybridized carbons (Fsp3) is 0.769. The maximum absolute atomic E-state index is 12.5. The van der Waals surface area contributed by atoms with E-state index < -0.39 is 10.0 Å². The number of nitrogens with zero attached hydrogens (tertiary/aromatic N) is 1. The summed E-state index contributed by atoms with van der Waals surface area (Å²) in [6, 6.07) is 0. The van der Waals surface area contributed by atoms with Crippen molar-refractivity contribution in [1.82, 2.24) is 20.2 Å². The molecule has 0 atom stereocenters. The molecular formula is C13H24N4O2S. The van der Waals surface area contributed by atoms with Gasteiger partial charge in [-0.2, -0.15) is 5.10 Å². The number of hydrogen-bond acceptors (Lipinski definition) is 4. The normalized spacial score (nSPS) is 19.1. The van der Waals surface area contributed by atoms with Crippen LogP contribution in [0.1, 0.15) is 51.5 Å². The fourth-order valence-corrected chi connectivity index (χ4v) is 4.32. The minimum absolute atomic E-state index is 0.185. The molecule has 6 nitrogen and oxygen atoms in total. The Morgan fingerprint density at radius 1 is 1.35 bits per heavy atom. The van der Waals surface area contributed by atoms with Crippen molar-refractivity contribution >= 4 is 10.0 Å². The van der Waals surface area contributed by atoms with E-state index in [2.05, 4.69) is 20.2 Å². The highest BCUT2D eigenvalue weighted by molar-refractivity contribution is 7.89. The highest BCUT2D eigenvalue weighted by Crippen LogP contribution is 2.29. The molecule has 1 aromatic rings. The number of H-pyrrole nitrogens is 1. The third kappa shape index (κ3) is 3.59. The predicted octanol–water partition coefficient (Wildman–Crippen LogP) is 1.52. The van der Waals surface area contributed by atoms with Crippen LogP contribution >= 0.6 is 0 Å². The molecule has 1 fully saturated rings. The summed E-state index contributed by atoms with van der Waals surface area (Å²) in [5.41, 5.74) is 0.344. The van der Waals surface area contributed by atoms with Crippen molar-refractivity contribution in [3.63, 3.8) is 0 Å². The van der Waals surface area contributed by atoms with Crippen LogP contribution in [0, 0.1) is 0 Å². The smallest absolute Gasteiger partial charge is 0.258 e. The molecule has 0 bridgehead atoms. The van der Waals surface area contributed by atoms with Gasteiger partial charge < -0.3 is 5.32 Å². The molecule has 0 radical (unpaired) electrons. The summed E-state index contributed by atoms with van der Waals surface area (Å²) < 4.78 is 27.9. The average molecular weight is 300 g/mol. The number of nitrogens with one attached hydrogen (secondary N) is 3. The van der Waals surface area contributed by atoms with E-state index in [9.17, 15) is 8.42 Å². The van der Waals surface area contributed by atoms with E-state index in [1.807, 2.05) is 13.8 Å². The van der Waals surface area contributed by atoms with Crippen molar-refractivity contribution < 1.29 is 8.42 Å². The summed E-state index contributed by atoms with van der Waals surface area (Å²) in [6.07, 6.45) is 6.69. The van der Waals surface area contributed by atoms with Crippen molar-refractivity contribution in [3.8, 4) is 0 Å². The molecule has 1 aromatic heterocycles. The van der Waals surface area contributed by atoms with Gasteiger partial charge in [0.15, 0.2) is 5.03 Å². The number of hydrogen-bond donors (Lipinski definition) is 3. The molecule has 1 saturated carbocycles. The average Bonchev–Trinajstić information content (AvgIpc) is 2.85. The van der Waals surface area contributed by atoms with Gasteiger partial charge in [0.1, 0.15) is 0 Å². The lowest BCUT2D eigenvalue weighted by molar-refractivity contribution is 0.293. The van der Waals surface area contributed by atoms with Gasteiger partial charge in [-0.25, -0.2) is 13.1 Å². The molecule has 20 heavy (non-hydrogen) atoms. The minimum Gasteiger partial charge on any atom is -0.313 e. The zero-order valence-corrected chi connectivity index (χ0v) is 13.0. The molecule has 114 valence electrons. The molecule has 1 aliphatic rings. The molecule has 1 heterocycles. The zero-order valence-electron chi connectivity index (χ0n) is 12.2. The maximum Gasteiger partial charge on any atom is 0.258 e. The Hall–Kier alpha value is -0.920. The van der Waals surface area contributed by atoms with Crippen LogP contribution in [0.5, 0.6) is 0 Å². The molecule has 7 heteroatoms. The maximum atomic E-state index is 12.5. The lowest BCUT2D eigenvalue weighted by Crippen LogP contribution is -2.47. The van der Waals surface area contributed by atoms with E-state index in [-0.39, 0.29) is 10.6 Å². The summed E-state index contributed by atoms with van der Waals surface area (Å²) in [4.78, 5) is 0. The topological polar surface area (TPSA) is 86.9 Å². The van der Waals surface area contributed by atoms with Gasteiger partial charge in [0, 0.05) is 17.6 Å². The van der Waals surface area contributed by atoms with Crippen LogP contribution in [0.4, 0.5) is 0 Å². The molecule has 0 aromatic carbocycles. The highest BCUT2D eigenvalue weighted by Gasteiger charge is 2.33. The second-order valence-corrected chi connectivity index (χ2v) is 7.35. The third-order valence-corrected chi connectivity index (χ3v) is 5.50. The third-order valence-electron chi connectivity index (χ3n) is 3.85. The Morgan fingerprint density at radius 2 is 2.05 bits per heavy atom. The summed E-state index contributed by atoms with van der Waals surface area (Å²) >= 11 is 0. The Morgan fingerprint density at radius 3 is 2.70 bits per heavy atom. The van der Waals surface area contributed by atoms with Gasteiger partial charge in [-0.15, -0.1) is 0 Å². The summed E-state index contributed by atoms with van der Waals surface area (Å²) in [7, 11) is -3.54. The van der Waals surface area contributed by atoms with E-state index in [1.54, 1.807) is 6.20 Å². The molecule has 2 rings (SSSR count). The van der Waals surface area contributed by atoms with E-state index in [1.165, 1.54) is 6.42 Å². The molecule has 0 unspecified atom stereocenters. The van der Waals surface area contributed by atoms with Gasteiger partial charge in [-0.3, -0.25) is 5.10 Å². The van der Waals surface area contributed by atoms with E-state index in [4.69, 9.17) is 0 Å². The molecule has 3 N–H and O–H groups in total. The summed E-state index contributed by atoms with van der Waals surface area (Å²) in [5, 5.41) is 9.80. The van der Waals surface area contributed by atoms with Gasteiger partial charge in [0.2, 0.25) is 0 Å². The first-order valence-electron chi connectivity index (χ1n) is 7.24. The lowest BCUT2D eigenvalue weighted by Gasteiger charge is -2.33. The van der Waals surface area contributed by atoms with Crippen LogP contribution in [0.3, 0.4) is 0 Å². The van der Waals surface area contributed by atoms with Gasteiger partial charge >= 0.3 is 0 Å². The first-order chi connectivity index (χ1) is 9.47. The van der Waals surface area contributed by atoms with Crippen LogP contribution in [0.15, 0.2) is 11.2 Å². The predicted molar refractivity (Wildman–Crippen MR) is 77.8 cm³/mol. The van der Waals surface area contributed by atoms with E-state index in [0.717, 1.165) is 32.2 Å². The van der Waals surface area contributed by atoms with Crippen LogP contribution in [-0.4, -0.2) is 30.7 Å². The fourth-order valence-electron chi connectivity index (χ4n) is 2.73. The molecule has 1 aliphatic carbocycles. The monoisotopic (exact) mass is 300 g/mol. The van der Waals surface area contributed by atoms with Crippen molar-refractivity contribution in [2.24, 2.45) is 0 Å². The first-order valence-corrected chi connectivity index (χ1v) is 8.72. The second kappa shape index (κ2) is 6.24. The van der Waals surface area contributed by atoms with Gasteiger partial charge in [0.05, 0.1) is 6.20 Å². The van der Waals surface area contributed by atoms with Crippen molar-refractivity contribution in [2.75, 3.05) is 6.54 Å². The minimum atomic E-state index is -3.54. The number of aromatic amines is 1. The Balaban J connectivity index is 2.15. The van der Waals surface area contributed by atoms with Crippen LogP contribution < -0.4 is 10.0 Å². The van der Waals surface area contributed by atoms with E-state index >= 15 is 0 Å². The van der Waals surface area contributed by atoms with Crippen molar-refractivity contribution in [2.45, 2.75) is 63.1 Å². The number of aromatic nitrogens is 2. The Labute approximate surface area is 120 Å². The molecule has 0 aliphatic heterocycles. The summed E-state index contributed by atoms with van der Waals surface area (Å²) in [6.45, 7) is 5.26. The number of sulfonamides is 1. The summed E-state index contributed by atoms with van der Waals surface area (Å²) in [5.74, 6) is 0. The van der Waals surface area contributed by atoms with Crippen molar-refractivity contribution in [1.29, 1.82) is 0 Å². The van der Waals surface area contributed by atoms with Gasteiger partial charge in [-0.05, 0) is 26.3 Å². The van der Waals surface area contributed by atoms with Gasteiger partial charge in [0.25, 0.3) is 10.0 Å². The molecule has 0 spiro atoms. The van der Waals surface area contributed by atoms with Gasteiger partial charge in [-0.1, -0.05) is 26.2 Å². The largest absolute Gasteiger partial charge is 0.313 e. The molecular weight excluding hydrogens is 276 g/mol. The van der Waals surface area contributed by atoms with Crippen LogP contribution in [0.25, 0.3) is 0 Å². The quantitative estimate of drug-likeness (QED) is 0.743. The molecule has 0 amide bonds. The van der Waals surface area contributed by atoms with Crippen LogP contribution in [-0.2, 0) is 16.6 Å². The molecule has 0 saturated heterocycles.